The molecule has 1 aliphatic rings. The third-order valence-corrected chi connectivity index (χ3v) is 6.09. The molecule has 1 atom stereocenters. The van der Waals surface area contributed by atoms with E-state index in [1.807, 2.05) is 6.92 Å². The van der Waals surface area contributed by atoms with Crippen molar-refractivity contribution in [1.82, 2.24) is 14.9 Å². The van der Waals surface area contributed by atoms with E-state index in [-0.39, 0.29) is 23.5 Å². The summed E-state index contributed by atoms with van der Waals surface area (Å²) in [6, 6.07) is 1.39. The number of anilines is 1. The summed E-state index contributed by atoms with van der Waals surface area (Å²) >= 11 is 0. The van der Waals surface area contributed by atoms with Crippen molar-refractivity contribution >= 4 is 21.6 Å². The fourth-order valence-electron chi connectivity index (χ4n) is 2.99. The Bertz CT molecular complexity index is 719. The van der Waals surface area contributed by atoms with Crippen LogP contribution in [0, 0.1) is 12.8 Å². The average Bonchev–Trinajstić information content (AvgIpc) is 2.87. The first-order valence-electron chi connectivity index (χ1n) is 8.82. The van der Waals surface area contributed by atoms with Gasteiger partial charge in [-0.2, -0.15) is 0 Å². The molecule has 1 saturated heterocycles. The molecule has 1 fully saturated rings. The molecule has 25 heavy (non-hydrogen) atoms. The minimum absolute atomic E-state index is 0.0378. The summed E-state index contributed by atoms with van der Waals surface area (Å²) in [7, 11) is -3.04. The van der Waals surface area contributed by atoms with Gasteiger partial charge in [0.2, 0.25) is 0 Å². The number of rotatable bonds is 7. The van der Waals surface area contributed by atoms with Gasteiger partial charge in [-0.25, -0.2) is 18.4 Å². The highest BCUT2D eigenvalue weighted by Crippen LogP contribution is 2.20. The lowest BCUT2D eigenvalue weighted by Crippen LogP contribution is -2.41. The molecule has 0 aromatic carbocycles. The monoisotopic (exact) mass is 368 g/mol. The zero-order valence-electron chi connectivity index (χ0n) is 15.4. The average molecular weight is 369 g/mol. The van der Waals surface area contributed by atoms with Gasteiger partial charge >= 0.3 is 0 Å². The Morgan fingerprint density at radius 3 is 2.68 bits per heavy atom. The van der Waals surface area contributed by atoms with Gasteiger partial charge in [-0.3, -0.25) is 4.79 Å². The number of nitrogens with one attached hydrogen (secondary N) is 1. The van der Waals surface area contributed by atoms with Crippen LogP contribution in [0.4, 0.5) is 5.82 Å². The third kappa shape index (κ3) is 5.39. The standard InChI is InChI=1S/C17H28N4O3S/c1-5-21(14-7-9-25(23,24)11-14)17(22)15-10-16(20-13(4)19-15)18-8-6-12(2)3/h10,12,14H,5-9,11H2,1-4H3,(H,18,19,20). The Hall–Kier alpha value is -1.70. The number of carbonyl (C=O) groups is 1. The Morgan fingerprint density at radius 1 is 1.40 bits per heavy atom. The van der Waals surface area contributed by atoms with Crippen LogP contribution in [0.25, 0.3) is 0 Å². The maximum absolute atomic E-state index is 12.9. The van der Waals surface area contributed by atoms with Crippen LogP contribution < -0.4 is 5.32 Å². The lowest BCUT2D eigenvalue weighted by molar-refractivity contribution is 0.0702. The summed E-state index contributed by atoms with van der Waals surface area (Å²) in [6.45, 7) is 9.14. The van der Waals surface area contributed by atoms with Crippen LogP contribution in [0.1, 0.15) is 49.9 Å². The molecule has 8 heteroatoms. The van der Waals surface area contributed by atoms with E-state index in [2.05, 4.69) is 29.1 Å². The van der Waals surface area contributed by atoms with Gasteiger partial charge in [-0.05, 0) is 32.6 Å². The molecule has 2 heterocycles. The molecule has 1 aromatic heterocycles. The number of aryl methyl sites for hydroxylation is 1. The molecule has 0 saturated carbocycles. The Balaban J connectivity index is 2.15. The smallest absolute Gasteiger partial charge is 0.272 e. The summed E-state index contributed by atoms with van der Waals surface area (Å²) in [5.74, 6) is 1.68. The van der Waals surface area contributed by atoms with Crippen molar-refractivity contribution in [2.24, 2.45) is 5.92 Å². The van der Waals surface area contributed by atoms with E-state index < -0.39 is 9.84 Å². The fraction of sp³-hybridized carbons (Fsp3) is 0.706. The summed E-state index contributed by atoms with van der Waals surface area (Å²) in [5, 5.41) is 3.23. The number of amides is 1. The van der Waals surface area contributed by atoms with Gasteiger partial charge in [0.05, 0.1) is 11.5 Å². The van der Waals surface area contributed by atoms with E-state index in [4.69, 9.17) is 0 Å². The van der Waals surface area contributed by atoms with Gasteiger partial charge in [-0.1, -0.05) is 13.8 Å². The van der Waals surface area contributed by atoms with Gasteiger partial charge in [0, 0.05) is 25.2 Å². The van der Waals surface area contributed by atoms with Crippen LogP contribution in [0.3, 0.4) is 0 Å². The lowest BCUT2D eigenvalue weighted by Gasteiger charge is -2.26. The van der Waals surface area contributed by atoms with Crippen LogP contribution >= 0.6 is 0 Å². The normalized spacial score (nSPS) is 19.2. The van der Waals surface area contributed by atoms with Gasteiger partial charge < -0.3 is 10.2 Å². The topological polar surface area (TPSA) is 92.3 Å². The van der Waals surface area contributed by atoms with E-state index in [9.17, 15) is 13.2 Å². The SMILES string of the molecule is CCN(C(=O)c1cc(NCCC(C)C)nc(C)n1)C1CCS(=O)(=O)C1. The Labute approximate surface area is 150 Å². The molecular weight excluding hydrogens is 340 g/mol. The second kappa shape index (κ2) is 8.12. The van der Waals surface area contributed by atoms with Crippen LogP contribution in [0.2, 0.25) is 0 Å². The first kappa shape index (κ1) is 19.6. The second-order valence-electron chi connectivity index (χ2n) is 6.94. The maximum atomic E-state index is 12.9. The van der Waals surface area contributed by atoms with E-state index >= 15 is 0 Å². The number of aromatic nitrogens is 2. The molecule has 1 aromatic rings. The quantitative estimate of drug-likeness (QED) is 0.790. The van der Waals surface area contributed by atoms with Crippen molar-refractivity contribution in [1.29, 1.82) is 0 Å². The van der Waals surface area contributed by atoms with Crippen molar-refractivity contribution in [3.05, 3.63) is 17.6 Å². The van der Waals surface area contributed by atoms with Crippen molar-refractivity contribution < 1.29 is 13.2 Å². The number of nitrogens with zero attached hydrogens (tertiary/aromatic N) is 3. The van der Waals surface area contributed by atoms with E-state index in [1.54, 1.807) is 17.9 Å². The first-order valence-corrected chi connectivity index (χ1v) is 10.6. The van der Waals surface area contributed by atoms with E-state index in [0.717, 1.165) is 13.0 Å². The van der Waals surface area contributed by atoms with Crippen molar-refractivity contribution in [3.63, 3.8) is 0 Å². The van der Waals surface area contributed by atoms with Crippen LogP contribution in [-0.2, 0) is 9.84 Å². The summed E-state index contributed by atoms with van der Waals surface area (Å²) in [6.07, 6.45) is 1.50. The maximum Gasteiger partial charge on any atom is 0.272 e. The summed E-state index contributed by atoms with van der Waals surface area (Å²) < 4.78 is 23.5. The van der Waals surface area contributed by atoms with Crippen molar-refractivity contribution in [3.8, 4) is 0 Å². The van der Waals surface area contributed by atoms with Crippen molar-refractivity contribution in [2.75, 3.05) is 29.9 Å². The summed E-state index contributed by atoms with van der Waals surface area (Å²) in [4.78, 5) is 23.1. The molecule has 0 aliphatic carbocycles. The Morgan fingerprint density at radius 2 is 2.12 bits per heavy atom. The number of hydrogen-bond acceptors (Lipinski definition) is 6. The largest absolute Gasteiger partial charge is 0.370 e. The summed E-state index contributed by atoms with van der Waals surface area (Å²) in [5.41, 5.74) is 0.311. The van der Waals surface area contributed by atoms with Crippen molar-refractivity contribution in [2.45, 2.75) is 46.6 Å². The highest BCUT2D eigenvalue weighted by atomic mass is 32.2. The number of hydrogen-bond donors (Lipinski definition) is 1. The van der Waals surface area contributed by atoms with Gasteiger partial charge in [0.15, 0.2) is 9.84 Å². The highest BCUT2D eigenvalue weighted by Gasteiger charge is 2.34. The molecule has 140 valence electrons. The van der Waals surface area contributed by atoms with Crippen LogP contribution in [0.5, 0.6) is 0 Å². The first-order chi connectivity index (χ1) is 11.7. The predicted molar refractivity (Wildman–Crippen MR) is 98.5 cm³/mol. The van der Waals surface area contributed by atoms with Gasteiger partial charge in [0.25, 0.3) is 5.91 Å². The minimum atomic E-state index is -3.04. The van der Waals surface area contributed by atoms with Gasteiger partial charge in [0.1, 0.15) is 17.3 Å². The highest BCUT2D eigenvalue weighted by molar-refractivity contribution is 7.91. The molecule has 1 N–H and O–H groups in total. The zero-order chi connectivity index (χ0) is 18.6. The van der Waals surface area contributed by atoms with Crippen LogP contribution in [-0.4, -0.2) is 59.8 Å². The van der Waals surface area contributed by atoms with Crippen LogP contribution in [0.15, 0.2) is 6.07 Å². The molecular formula is C17H28N4O3S. The molecule has 0 bridgehead atoms. The molecule has 0 radical (unpaired) electrons. The van der Waals surface area contributed by atoms with E-state index in [1.165, 1.54) is 0 Å². The molecule has 2 rings (SSSR count). The second-order valence-corrected chi connectivity index (χ2v) is 9.17. The molecule has 1 aliphatic heterocycles. The van der Waals surface area contributed by atoms with Gasteiger partial charge in [-0.15, -0.1) is 0 Å². The molecule has 0 spiro atoms. The predicted octanol–water partition coefficient (Wildman–Crippen LogP) is 1.89. The minimum Gasteiger partial charge on any atom is -0.370 e. The van der Waals surface area contributed by atoms with E-state index in [0.29, 0.717) is 36.2 Å². The number of sulfone groups is 1. The zero-order valence-corrected chi connectivity index (χ0v) is 16.3. The lowest BCUT2D eigenvalue weighted by atomic mass is 10.1. The molecule has 1 unspecified atom stereocenters. The molecule has 1 amide bonds. The number of carbonyl (C=O) groups excluding carboxylic acids is 1. The molecule has 7 nitrogen and oxygen atoms in total. The Kier molecular flexibility index (Phi) is 6.37. The third-order valence-electron chi connectivity index (χ3n) is 4.34. The fourth-order valence-corrected chi connectivity index (χ4v) is 4.72.